The predicted octanol–water partition coefficient (Wildman–Crippen LogP) is 3.88. The van der Waals surface area contributed by atoms with Gasteiger partial charge in [-0.15, -0.1) is 0 Å². The Hall–Kier alpha value is -0.800. The van der Waals surface area contributed by atoms with Crippen LogP contribution in [0.1, 0.15) is 25.8 Å². The van der Waals surface area contributed by atoms with E-state index in [9.17, 15) is 9.18 Å². The molecule has 0 aliphatic rings. The summed E-state index contributed by atoms with van der Waals surface area (Å²) in [7, 11) is 0. The minimum Gasteiger partial charge on any atom is -0.481 e. The molecular formula is C11H11Cl2FO2. The van der Waals surface area contributed by atoms with Gasteiger partial charge in [-0.25, -0.2) is 4.39 Å². The zero-order valence-corrected chi connectivity index (χ0v) is 10.4. The van der Waals surface area contributed by atoms with Crippen molar-refractivity contribution in [2.45, 2.75) is 25.7 Å². The van der Waals surface area contributed by atoms with Crippen LogP contribution in [0.25, 0.3) is 0 Å². The van der Waals surface area contributed by atoms with Gasteiger partial charge < -0.3 is 5.11 Å². The van der Waals surface area contributed by atoms with Crippen molar-refractivity contribution >= 4 is 29.2 Å². The number of carbonyl (C=O) groups is 1. The van der Waals surface area contributed by atoms with E-state index in [0.29, 0.717) is 5.56 Å². The second-order valence-electron chi connectivity index (χ2n) is 4.20. The Morgan fingerprint density at radius 3 is 2.44 bits per heavy atom. The molecular weight excluding hydrogens is 254 g/mol. The minimum absolute atomic E-state index is 0.0575. The SMILES string of the molecule is CC(C)(CC(=O)O)c1cc(Cl)c(F)cc1Cl. The Balaban J connectivity index is 3.22. The normalized spacial score (nSPS) is 11.6. The van der Waals surface area contributed by atoms with Crippen LogP contribution < -0.4 is 0 Å². The fourth-order valence-corrected chi connectivity index (χ4v) is 2.08. The van der Waals surface area contributed by atoms with Gasteiger partial charge in [0.1, 0.15) is 5.82 Å². The molecule has 0 aliphatic carbocycles. The first-order chi connectivity index (χ1) is 7.24. The summed E-state index contributed by atoms with van der Waals surface area (Å²) in [6, 6.07) is 2.48. The average Bonchev–Trinajstić information content (AvgIpc) is 2.08. The van der Waals surface area contributed by atoms with Gasteiger partial charge in [0.2, 0.25) is 0 Å². The van der Waals surface area contributed by atoms with Crippen LogP contribution in [-0.4, -0.2) is 11.1 Å². The summed E-state index contributed by atoms with van der Waals surface area (Å²) in [5.74, 6) is -1.55. The molecule has 0 heterocycles. The molecule has 0 atom stereocenters. The number of aliphatic carboxylic acids is 1. The highest BCUT2D eigenvalue weighted by Crippen LogP contribution is 2.35. The lowest BCUT2D eigenvalue weighted by atomic mass is 9.81. The van der Waals surface area contributed by atoms with Gasteiger partial charge in [0.25, 0.3) is 0 Å². The van der Waals surface area contributed by atoms with Crippen molar-refractivity contribution in [2.75, 3.05) is 0 Å². The summed E-state index contributed by atoms with van der Waals surface area (Å²) >= 11 is 11.5. The summed E-state index contributed by atoms with van der Waals surface area (Å²) in [6.07, 6.45) is -0.102. The fraction of sp³-hybridized carbons (Fsp3) is 0.364. The quantitative estimate of drug-likeness (QED) is 0.842. The molecule has 0 bridgehead atoms. The van der Waals surface area contributed by atoms with Crippen molar-refractivity contribution in [3.05, 3.63) is 33.6 Å². The van der Waals surface area contributed by atoms with Gasteiger partial charge in [0, 0.05) is 10.4 Å². The number of halogens is 3. The maximum atomic E-state index is 13.1. The molecule has 0 saturated carbocycles. The largest absolute Gasteiger partial charge is 0.481 e. The van der Waals surface area contributed by atoms with E-state index >= 15 is 0 Å². The lowest BCUT2D eigenvalue weighted by Gasteiger charge is -2.24. The molecule has 0 radical (unpaired) electrons. The van der Waals surface area contributed by atoms with Crippen molar-refractivity contribution in [1.82, 2.24) is 0 Å². The first-order valence-electron chi connectivity index (χ1n) is 4.61. The molecule has 16 heavy (non-hydrogen) atoms. The smallest absolute Gasteiger partial charge is 0.304 e. The molecule has 0 amide bonds. The fourth-order valence-electron chi connectivity index (χ4n) is 1.51. The third-order valence-corrected chi connectivity index (χ3v) is 2.93. The van der Waals surface area contributed by atoms with Crippen molar-refractivity contribution in [3.8, 4) is 0 Å². The Bertz CT molecular complexity index is 430. The number of rotatable bonds is 3. The second kappa shape index (κ2) is 4.60. The number of hydrogen-bond donors (Lipinski definition) is 1. The van der Waals surface area contributed by atoms with Crippen LogP contribution in [0, 0.1) is 5.82 Å². The molecule has 1 aromatic rings. The van der Waals surface area contributed by atoms with Crippen molar-refractivity contribution in [2.24, 2.45) is 0 Å². The maximum absolute atomic E-state index is 13.1. The van der Waals surface area contributed by atoms with E-state index in [4.69, 9.17) is 28.3 Å². The van der Waals surface area contributed by atoms with Gasteiger partial charge in [0.15, 0.2) is 0 Å². The van der Waals surface area contributed by atoms with Crippen molar-refractivity contribution in [3.63, 3.8) is 0 Å². The molecule has 0 saturated heterocycles. The Kier molecular flexibility index (Phi) is 3.81. The zero-order chi connectivity index (χ0) is 12.5. The average molecular weight is 265 g/mol. The van der Waals surface area contributed by atoms with Crippen LogP contribution in [0.3, 0.4) is 0 Å². The summed E-state index contributed by atoms with van der Waals surface area (Å²) in [4.78, 5) is 10.7. The summed E-state index contributed by atoms with van der Waals surface area (Å²) in [5, 5.41) is 8.91. The van der Waals surface area contributed by atoms with Gasteiger partial charge in [0.05, 0.1) is 11.4 Å². The number of hydrogen-bond acceptors (Lipinski definition) is 1. The van der Waals surface area contributed by atoms with E-state index in [1.165, 1.54) is 6.07 Å². The third kappa shape index (κ3) is 2.86. The molecule has 0 fully saturated rings. The number of benzene rings is 1. The highest BCUT2D eigenvalue weighted by Gasteiger charge is 2.27. The highest BCUT2D eigenvalue weighted by molar-refractivity contribution is 6.33. The van der Waals surface area contributed by atoms with Crippen molar-refractivity contribution in [1.29, 1.82) is 0 Å². The van der Waals surface area contributed by atoms with Gasteiger partial charge >= 0.3 is 5.97 Å². The van der Waals surface area contributed by atoms with E-state index in [1.807, 2.05) is 0 Å². The van der Waals surface area contributed by atoms with Crippen LogP contribution in [0.5, 0.6) is 0 Å². The first-order valence-corrected chi connectivity index (χ1v) is 5.36. The first kappa shape index (κ1) is 13.3. The molecule has 1 N–H and O–H groups in total. The lowest BCUT2D eigenvalue weighted by Crippen LogP contribution is -2.22. The molecule has 0 unspecified atom stereocenters. The monoisotopic (exact) mass is 264 g/mol. The number of carboxylic acid groups (broad SMARTS) is 1. The molecule has 5 heteroatoms. The zero-order valence-electron chi connectivity index (χ0n) is 8.85. The third-order valence-electron chi connectivity index (χ3n) is 2.33. The predicted molar refractivity (Wildman–Crippen MR) is 61.7 cm³/mol. The van der Waals surface area contributed by atoms with E-state index in [2.05, 4.69) is 0 Å². The molecule has 88 valence electrons. The van der Waals surface area contributed by atoms with E-state index in [-0.39, 0.29) is 16.5 Å². The highest BCUT2D eigenvalue weighted by atomic mass is 35.5. The standard InChI is InChI=1S/C11H11Cl2FO2/c1-11(2,5-10(15)16)6-3-8(13)9(14)4-7(6)12/h3-4H,5H2,1-2H3,(H,15,16). The van der Waals surface area contributed by atoms with Gasteiger partial charge in [-0.2, -0.15) is 0 Å². The van der Waals surface area contributed by atoms with Crippen LogP contribution >= 0.6 is 23.2 Å². The summed E-state index contributed by atoms with van der Waals surface area (Å²) in [5.41, 5.74) is -0.164. The van der Waals surface area contributed by atoms with Crippen LogP contribution in [-0.2, 0) is 10.2 Å². The summed E-state index contributed by atoms with van der Waals surface area (Å²) in [6.45, 7) is 3.44. The van der Waals surface area contributed by atoms with Gasteiger partial charge in [-0.05, 0) is 17.7 Å². The minimum atomic E-state index is -0.943. The molecule has 1 aromatic carbocycles. The van der Waals surface area contributed by atoms with E-state index < -0.39 is 17.2 Å². The Morgan fingerprint density at radius 2 is 1.94 bits per heavy atom. The van der Waals surface area contributed by atoms with E-state index in [1.54, 1.807) is 13.8 Å². The Morgan fingerprint density at radius 1 is 1.38 bits per heavy atom. The number of carboxylic acids is 1. The topological polar surface area (TPSA) is 37.3 Å². The van der Waals surface area contributed by atoms with Crippen LogP contribution in [0.4, 0.5) is 4.39 Å². The van der Waals surface area contributed by atoms with Crippen LogP contribution in [0.2, 0.25) is 10.0 Å². The van der Waals surface area contributed by atoms with Crippen LogP contribution in [0.15, 0.2) is 12.1 Å². The molecule has 1 rings (SSSR count). The van der Waals surface area contributed by atoms with E-state index in [0.717, 1.165) is 6.07 Å². The molecule has 0 aliphatic heterocycles. The lowest BCUT2D eigenvalue weighted by molar-refractivity contribution is -0.138. The van der Waals surface area contributed by atoms with Gasteiger partial charge in [-0.1, -0.05) is 37.0 Å². The van der Waals surface area contributed by atoms with Crippen molar-refractivity contribution < 1.29 is 14.3 Å². The maximum Gasteiger partial charge on any atom is 0.304 e. The molecule has 0 aromatic heterocycles. The molecule has 2 nitrogen and oxygen atoms in total. The molecule has 0 spiro atoms. The second-order valence-corrected chi connectivity index (χ2v) is 5.01. The summed E-state index contributed by atoms with van der Waals surface area (Å²) < 4.78 is 13.1. The Labute approximate surface area is 103 Å². The van der Waals surface area contributed by atoms with Gasteiger partial charge in [-0.3, -0.25) is 4.79 Å².